The predicted molar refractivity (Wildman–Crippen MR) is 71.5 cm³/mol. The van der Waals surface area contributed by atoms with Crippen LogP contribution in [0.15, 0.2) is 4.47 Å². The molecular formula is C12H22BrN3. The van der Waals surface area contributed by atoms with Gasteiger partial charge in [0.2, 0.25) is 0 Å². The second-order valence-electron chi connectivity index (χ2n) is 4.52. The van der Waals surface area contributed by atoms with E-state index in [1.165, 1.54) is 12.1 Å². The van der Waals surface area contributed by atoms with Gasteiger partial charge in [0.05, 0.1) is 15.9 Å². The molecule has 1 aromatic heterocycles. The lowest BCUT2D eigenvalue weighted by Gasteiger charge is -2.08. The lowest BCUT2D eigenvalue weighted by atomic mass is 10.1. The minimum absolute atomic E-state index is 0.758. The predicted octanol–water partition coefficient (Wildman–Crippen LogP) is 3.11. The Hall–Kier alpha value is -0.350. The first-order valence-corrected chi connectivity index (χ1v) is 6.78. The van der Waals surface area contributed by atoms with Gasteiger partial charge in [0.1, 0.15) is 0 Å². The van der Waals surface area contributed by atoms with Gasteiger partial charge in [-0.05, 0) is 48.7 Å². The molecule has 1 aromatic rings. The van der Waals surface area contributed by atoms with Crippen molar-refractivity contribution in [1.82, 2.24) is 15.1 Å². The van der Waals surface area contributed by atoms with Crippen molar-refractivity contribution in [2.24, 2.45) is 5.92 Å². The van der Waals surface area contributed by atoms with Crippen LogP contribution in [0, 0.1) is 12.8 Å². The molecule has 3 nitrogen and oxygen atoms in total. The number of hydrogen-bond acceptors (Lipinski definition) is 2. The van der Waals surface area contributed by atoms with Gasteiger partial charge in [-0.3, -0.25) is 4.68 Å². The Labute approximate surface area is 107 Å². The summed E-state index contributed by atoms with van der Waals surface area (Å²) in [6.45, 7) is 11.5. The summed E-state index contributed by atoms with van der Waals surface area (Å²) in [5.74, 6) is 0.758. The maximum absolute atomic E-state index is 4.47. The molecule has 0 atom stereocenters. The van der Waals surface area contributed by atoms with Gasteiger partial charge in [-0.15, -0.1) is 0 Å². The smallest absolute Gasteiger partial charge is 0.0739 e. The third-order valence-electron chi connectivity index (χ3n) is 2.64. The quantitative estimate of drug-likeness (QED) is 0.815. The zero-order valence-electron chi connectivity index (χ0n) is 10.7. The summed E-state index contributed by atoms with van der Waals surface area (Å²) in [5, 5.41) is 7.94. The summed E-state index contributed by atoms with van der Waals surface area (Å²) in [6.07, 6.45) is 1.22. The summed E-state index contributed by atoms with van der Waals surface area (Å²) in [7, 11) is 0. The van der Waals surface area contributed by atoms with E-state index in [0.29, 0.717) is 0 Å². The van der Waals surface area contributed by atoms with Crippen molar-refractivity contribution in [3.8, 4) is 0 Å². The molecule has 0 radical (unpaired) electrons. The summed E-state index contributed by atoms with van der Waals surface area (Å²) in [6, 6.07) is 0. The van der Waals surface area contributed by atoms with E-state index in [4.69, 9.17) is 0 Å². The molecule has 0 fully saturated rings. The van der Waals surface area contributed by atoms with Crippen LogP contribution in [0.1, 0.15) is 38.6 Å². The first kappa shape index (κ1) is 13.7. The molecule has 0 saturated carbocycles. The van der Waals surface area contributed by atoms with E-state index < -0.39 is 0 Å². The molecule has 0 aliphatic rings. The monoisotopic (exact) mass is 287 g/mol. The van der Waals surface area contributed by atoms with Crippen LogP contribution in [0.3, 0.4) is 0 Å². The Morgan fingerprint density at radius 3 is 2.69 bits per heavy atom. The van der Waals surface area contributed by atoms with Gasteiger partial charge < -0.3 is 5.32 Å². The third-order valence-corrected chi connectivity index (χ3v) is 3.68. The fraction of sp³-hybridized carbons (Fsp3) is 0.750. The molecule has 1 heterocycles. The zero-order valence-corrected chi connectivity index (χ0v) is 12.3. The van der Waals surface area contributed by atoms with Gasteiger partial charge in [-0.2, -0.15) is 5.10 Å². The fourth-order valence-corrected chi connectivity index (χ4v) is 2.06. The van der Waals surface area contributed by atoms with Crippen LogP contribution in [-0.2, 0) is 13.1 Å². The average molecular weight is 288 g/mol. The maximum atomic E-state index is 4.47. The summed E-state index contributed by atoms with van der Waals surface area (Å²) < 4.78 is 3.20. The number of halogens is 1. The highest BCUT2D eigenvalue weighted by molar-refractivity contribution is 9.10. The lowest BCUT2D eigenvalue weighted by Crippen LogP contribution is -2.19. The largest absolute Gasteiger partial charge is 0.311 e. The van der Waals surface area contributed by atoms with Gasteiger partial charge in [-0.25, -0.2) is 0 Å². The topological polar surface area (TPSA) is 29.9 Å². The van der Waals surface area contributed by atoms with Gasteiger partial charge in [0.25, 0.3) is 0 Å². The highest BCUT2D eigenvalue weighted by Crippen LogP contribution is 2.20. The molecule has 0 aromatic carbocycles. The molecule has 0 spiro atoms. The molecular weight excluding hydrogens is 266 g/mol. The minimum Gasteiger partial charge on any atom is -0.311 e. The van der Waals surface area contributed by atoms with Crippen LogP contribution >= 0.6 is 15.9 Å². The van der Waals surface area contributed by atoms with Crippen LogP contribution in [0.5, 0.6) is 0 Å². The molecule has 0 aliphatic heterocycles. The lowest BCUT2D eigenvalue weighted by molar-refractivity contribution is 0.519. The van der Waals surface area contributed by atoms with Crippen LogP contribution in [-0.4, -0.2) is 16.3 Å². The molecule has 16 heavy (non-hydrogen) atoms. The van der Waals surface area contributed by atoms with Crippen molar-refractivity contribution in [1.29, 1.82) is 0 Å². The van der Waals surface area contributed by atoms with Crippen molar-refractivity contribution in [3.63, 3.8) is 0 Å². The number of nitrogens with zero attached hydrogens (tertiary/aromatic N) is 2. The highest BCUT2D eigenvalue weighted by atomic mass is 79.9. The minimum atomic E-state index is 0.758. The van der Waals surface area contributed by atoms with E-state index in [2.05, 4.69) is 51.8 Å². The standard InChI is InChI=1S/C12H22BrN3/c1-5-16-11(12(13)10(4)15-16)8-14-7-6-9(2)3/h9,14H,5-8H2,1-4H3. The fourth-order valence-electron chi connectivity index (χ4n) is 1.64. The molecule has 4 heteroatoms. The Morgan fingerprint density at radius 2 is 2.12 bits per heavy atom. The van der Waals surface area contributed by atoms with E-state index in [-0.39, 0.29) is 0 Å². The summed E-state index contributed by atoms with van der Waals surface area (Å²) >= 11 is 3.60. The third kappa shape index (κ3) is 3.59. The molecule has 0 saturated heterocycles. The number of aryl methyl sites for hydroxylation is 2. The van der Waals surface area contributed by atoms with E-state index in [1.807, 2.05) is 6.92 Å². The van der Waals surface area contributed by atoms with Crippen molar-refractivity contribution in [3.05, 3.63) is 15.9 Å². The van der Waals surface area contributed by atoms with Crippen molar-refractivity contribution in [2.75, 3.05) is 6.54 Å². The van der Waals surface area contributed by atoms with Gasteiger partial charge >= 0.3 is 0 Å². The van der Waals surface area contributed by atoms with E-state index in [1.54, 1.807) is 0 Å². The molecule has 0 aliphatic carbocycles. The second-order valence-corrected chi connectivity index (χ2v) is 5.31. The molecule has 1 N–H and O–H groups in total. The molecule has 0 unspecified atom stereocenters. The van der Waals surface area contributed by atoms with E-state index >= 15 is 0 Å². The Morgan fingerprint density at radius 1 is 1.44 bits per heavy atom. The van der Waals surface area contributed by atoms with Crippen molar-refractivity contribution in [2.45, 2.75) is 47.2 Å². The second kappa shape index (κ2) is 6.40. The number of hydrogen-bond donors (Lipinski definition) is 1. The molecule has 0 amide bonds. The number of aromatic nitrogens is 2. The van der Waals surface area contributed by atoms with Gasteiger partial charge in [-0.1, -0.05) is 13.8 Å². The first-order valence-electron chi connectivity index (χ1n) is 5.98. The van der Waals surface area contributed by atoms with Crippen molar-refractivity contribution >= 4 is 15.9 Å². The van der Waals surface area contributed by atoms with E-state index in [0.717, 1.165) is 35.7 Å². The van der Waals surface area contributed by atoms with Crippen LogP contribution < -0.4 is 5.32 Å². The SMILES string of the molecule is CCn1nc(C)c(Br)c1CNCCC(C)C. The van der Waals surface area contributed by atoms with Crippen molar-refractivity contribution < 1.29 is 0 Å². The van der Waals surface area contributed by atoms with Gasteiger partial charge in [0.15, 0.2) is 0 Å². The van der Waals surface area contributed by atoms with Crippen LogP contribution in [0.4, 0.5) is 0 Å². The molecule has 92 valence electrons. The zero-order chi connectivity index (χ0) is 12.1. The van der Waals surface area contributed by atoms with E-state index in [9.17, 15) is 0 Å². The number of nitrogens with one attached hydrogen (secondary N) is 1. The summed E-state index contributed by atoms with van der Waals surface area (Å²) in [4.78, 5) is 0. The first-order chi connectivity index (χ1) is 7.56. The summed E-state index contributed by atoms with van der Waals surface area (Å²) in [5.41, 5.74) is 2.33. The normalized spacial score (nSPS) is 11.4. The average Bonchev–Trinajstić information content (AvgIpc) is 2.50. The highest BCUT2D eigenvalue weighted by Gasteiger charge is 2.10. The number of rotatable bonds is 6. The van der Waals surface area contributed by atoms with Crippen LogP contribution in [0.25, 0.3) is 0 Å². The van der Waals surface area contributed by atoms with Gasteiger partial charge in [0, 0.05) is 13.1 Å². The Kier molecular flexibility index (Phi) is 5.49. The maximum Gasteiger partial charge on any atom is 0.0739 e. The molecule has 1 rings (SSSR count). The molecule has 0 bridgehead atoms. The Bertz CT molecular complexity index is 331. The Balaban J connectivity index is 2.52. The van der Waals surface area contributed by atoms with Crippen LogP contribution in [0.2, 0.25) is 0 Å².